The van der Waals surface area contributed by atoms with Gasteiger partial charge in [-0.15, -0.1) is 0 Å². The first-order chi connectivity index (χ1) is 12.8. The van der Waals surface area contributed by atoms with Crippen LogP contribution < -0.4 is 0 Å². The molecule has 6 heteroatoms. The Hall–Kier alpha value is -2.86. The summed E-state index contributed by atoms with van der Waals surface area (Å²) in [6.45, 7) is 1.77. The fourth-order valence-corrected chi connectivity index (χ4v) is 3.31. The third-order valence-electron chi connectivity index (χ3n) is 4.67. The van der Waals surface area contributed by atoms with Crippen LogP contribution in [0.1, 0.15) is 22.5 Å². The minimum atomic E-state index is 0.0239. The van der Waals surface area contributed by atoms with Crippen molar-refractivity contribution in [2.24, 2.45) is 0 Å². The molecule has 1 amide bonds. The normalized spacial score (nSPS) is 17.4. The molecule has 1 atom stereocenters. The van der Waals surface area contributed by atoms with Crippen LogP contribution in [0.2, 0.25) is 0 Å². The Kier molecular flexibility index (Phi) is 4.84. The monoisotopic (exact) mass is 348 g/mol. The summed E-state index contributed by atoms with van der Waals surface area (Å²) in [7, 11) is 0. The predicted octanol–water partition coefficient (Wildman–Crippen LogP) is 2.50. The van der Waals surface area contributed by atoms with Gasteiger partial charge in [0.05, 0.1) is 18.2 Å². The highest BCUT2D eigenvalue weighted by atomic mass is 16.5. The van der Waals surface area contributed by atoms with Crippen LogP contribution in [-0.2, 0) is 11.2 Å². The van der Waals surface area contributed by atoms with Gasteiger partial charge in [0.25, 0.3) is 5.91 Å². The molecule has 0 radical (unpaired) electrons. The summed E-state index contributed by atoms with van der Waals surface area (Å²) in [5.41, 5.74) is 2.53. The number of rotatable bonds is 4. The number of aryl methyl sites for hydroxylation is 1. The van der Waals surface area contributed by atoms with Gasteiger partial charge in [0, 0.05) is 42.1 Å². The highest BCUT2D eigenvalue weighted by molar-refractivity contribution is 6.06. The van der Waals surface area contributed by atoms with Gasteiger partial charge in [-0.1, -0.05) is 12.1 Å². The summed E-state index contributed by atoms with van der Waals surface area (Å²) in [4.78, 5) is 27.5. The molecule has 1 aliphatic rings. The van der Waals surface area contributed by atoms with Crippen molar-refractivity contribution in [2.75, 3.05) is 19.7 Å². The van der Waals surface area contributed by atoms with Crippen LogP contribution in [0.5, 0.6) is 0 Å². The number of carbonyl (C=O) groups is 1. The van der Waals surface area contributed by atoms with Crippen molar-refractivity contribution in [1.29, 1.82) is 0 Å². The molecule has 1 unspecified atom stereocenters. The number of pyridine rings is 1. The van der Waals surface area contributed by atoms with Crippen LogP contribution in [0.3, 0.4) is 0 Å². The molecule has 0 bridgehead atoms. The van der Waals surface area contributed by atoms with E-state index in [0.717, 1.165) is 29.4 Å². The number of ether oxygens (including phenoxy) is 1. The van der Waals surface area contributed by atoms with Crippen LogP contribution in [0.15, 0.2) is 55.1 Å². The number of amides is 1. The second-order valence-corrected chi connectivity index (χ2v) is 6.36. The van der Waals surface area contributed by atoms with Crippen molar-refractivity contribution in [3.05, 3.63) is 66.4 Å². The molecule has 0 spiro atoms. The third kappa shape index (κ3) is 3.55. The van der Waals surface area contributed by atoms with Gasteiger partial charge < -0.3 is 9.64 Å². The zero-order chi connectivity index (χ0) is 17.8. The SMILES string of the molecule is O=C(c1cccc2ncccc12)N1CCOC(CCc2ccncn2)C1. The Morgan fingerprint density at radius 1 is 1.15 bits per heavy atom. The molecule has 132 valence electrons. The van der Waals surface area contributed by atoms with Gasteiger partial charge in [-0.05, 0) is 37.1 Å². The van der Waals surface area contributed by atoms with Crippen LogP contribution >= 0.6 is 0 Å². The Labute approximate surface area is 151 Å². The number of nitrogens with zero attached hydrogens (tertiary/aromatic N) is 4. The van der Waals surface area contributed by atoms with E-state index in [1.807, 2.05) is 41.3 Å². The molecule has 0 N–H and O–H groups in total. The highest BCUT2D eigenvalue weighted by Gasteiger charge is 2.26. The number of fused-ring (bicyclic) bond motifs is 1. The first kappa shape index (κ1) is 16.6. The molecule has 6 nitrogen and oxygen atoms in total. The molecule has 1 fully saturated rings. The second-order valence-electron chi connectivity index (χ2n) is 6.36. The number of benzene rings is 1. The molecule has 1 aromatic carbocycles. The number of carbonyl (C=O) groups excluding carboxylic acids is 1. The molecule has 1 saturated heterocycles. The third-order valence-corrected chi connectivity index (χ3v) is 4.67. The number of morpholine rings is 1. The van der Waals surface area contributed by atoms with Gasteiger partial charge >= 0.3 is 0 Å². The molecular weight excluding hydrogens is 328 g/mol. The average Bonchev–Trinajstić information content (AvgIpc) is 2.72. The quantitative estimate of drug-likeness (QED) is 0.725. The van der Waals surface area contributed by atoms with Crippen LogP contribution in [0.4, 0.5) is 0 Å². The molecule has 3 heterocycles. The maximum Gasteiger partial charge on any atom is 0.254 e. The Balaban J connectivity index is 1.46. The van der Waals surface area contributed by atoms with Crippen molar-refractivity contribution in [3.8, 4) is 0 Å². The lowest BCUT2D eigenvalue weighted by Gasteiger charge is -2.33. The minimum Gasteiger partial charge on any atom is -0.375 e. The van der Waals surface area contributed by atoms with Gasteiger partial charge in [0.15, 0.2) is 0 Å². The zero-order valence-corrected chi connectivity index (χ0v) is 14.4. The van der Waals surface area contributed by atoms with Gasteiger partial charge in [-0.25, -0.2) is 9.97 Å². The molecule has 4 rings (SSSR count). The smallest absolute Gasteiger partial charge is 0.254 e. The first-order valence-corrected chi connectivity index (χ1v) is 8.81. The summed E-state index contributed by atoms with van der Waals surface area (Å²) in [5, 5.41) is 0.893. The van der Waals surface area contributed by atoms with Crippen LogP contribution in [0.25, 0.3) is 10.9 Å². The van der Waals surface area contributed by atoms with Crippen molar-refractivity contribution in [1.82, 2.24) is 19.9 Å². The van der Waals surface area contributed by atoms with Gasteiger partial charge in [0.1, 0.15) is 6.33 Å². The van der Waals surface area contributed by atoms with Crippen LogP contribution in [-0.4, -0.2) is 51.6 Å². The van der Waals surface area contributed by atoms with E-state index < -0.39 is 0 Å². The average molecular weight is 348 g/mol. The molecule has 0 aliphatic carbocycles. The second kappa shape index (κ2) is 7.58. The van der Waals surface area contributed by atoms with E-state index in [-0.39, 0.29) is 12.0 Å². The molecule has 2 aromatic heterocycles. The van der Waals surface area contributed by atoms with Crippen molar-refractivity contribution >= 4 is 16.8 Å². The molecular formula is C20H20N4O2. The van der Waals surface area contributed by atoms with E-state index in [0.29, 0.717) is 25.3 Å². The number of aromatic nitrogens is 3. The maximum atomic E-state index is 13.1. The summed E-state index contributed by atoms with van der Waals surface area (Å²) in [6, 6.07) is 11.4. The van der Waals surface area contributed by atoms with Crippen molar-refractivity contribution in [3.63, 3.8) is 0 Å². The van der Waals surface area contributed by atoms with E-state index in [2.05, 4.69) is 15.0 Å². The summed E-state index contributed by atoms with van der Waals surface area (Å²) in [5.74, 6) is 0.0407. The Morgan fingerprint density at radius 3 is 3.00 bits per heavy atom. The maximum absolute atomic E-state index is 13.1. The first-order valence-electron chi connectivity index (χ1n) is 8.81. The Bertz CT molecular complexity index is 895. The molecule has 0 saturated carbocycles. The van der Waals surface area contributed by atoms with E-state index in [1.165, 1.54) is 0 Å². The van der Waals surface area contributed by atoms with Gasteiger partial charge in [-0.2, -0.15) is 0 Å². The Morgan fingerprint density at radius 2 is 2.12 bits per heavy atom. The zero-order valence-electron chi connectivity index (χ0n) is 14.4. The predicted molar refractivity (Wildman–Crippen MR) is 97.7 cm³/mol. The highest BCUT2D eigenvalue weighted by Crippen LogP contribution is 2.20. The summed E-state index contributed by atoms with van der Waals surface area (Å²) in [6.07, 6.45) is 6.71. The van der Waals surface area contributed by atoms with E-state index in [9.17, 15) is 4.79 Å². The number of hydrogen-bond acceptors (Lipinski definition) is 5. The standard InChI is InChI=1S/C20H20N4O2/c25-20(18-3-1-5-19-17(18)4-2-9-22-19)24-11-12-26-16(13-24)7-6-15-8-10-21-14-23-15/h1-5,8-10,14,16H,6-7,11-13H2. The summed E-state index contributed by atoms with van der Waals surface area (Å²) >= 11 is 0. The van der Waals surface area contributed by atoms with E-state index >= 15 is 0 Å². The lowest BCUT2D eigenvalue weighted by atomic mass is 10.1. The minimum absolute atomic E-state index is 0.0239. The van der Waals surface area contributed by atoms with Gasteiger partial charge in [-0.3, -0.25) is 9.78 Å². The fourth-order valence-electron chi connectivity index (χ4n) is 3.31. The van der Waals surface area contributed by atoms with Crippen LogP contribution in [0, 0.1) is 0 Å². The molecule has 1 aliphatic heterocycles. The fraction of sp³-hybridized carbons (Fsp3) is 0.300. The van der Waals surface area contributed by atoms with E-state index in [1.54, 1.807) is 18.7 Å². The van der Waals surface area contributed by atoms with E-state index in [4.69, 9.17) is 4.74 Å². The number of hydrogen-bond donors (Lipinski definition) is 0. The lowest BCUT2D eigenvalue weighted by molar-refractivity contribution is -0.0246. The lowest BCUT2D eigenvalue weighted by Crippen LogP contribution is -2.45. The van der Waals surface area contributed by atoms with Gasteiger partial charge in [0.2, 0.25) is 0 Å². The largest absolute Gasteiger partial charge is 0.375 e. The topological polar surface area (TPSA) is 68.2 Å². The van der Waals surface area contributed by atoms with Crippen molar-refractivity contribution in [2.45, 2.75) is 18.9 Å². The molecule has 26 heavy (non-hydrogen) atoms. The van der Waals surface area contributed by atoms with Crippen molar-refractivity contribution < 1.29 is 9.53 Å². The summed E-state index contributed by atoms with van der Waals surface area (Å²) < 4.78 is 5.85. The molecule has 3 aromatic rings.